The Hall–Kier alpha value is -0.160. The molecular formula is C6H13NO3. The van der Waals surface area contributed by atoms with Gasteiger partial charge in [-0.25, -0.2) is 0 Å². The van der Waals surface area contributed by atoms with Crippen molar-refractivity contribution >= 4 is 0 Å². The Morgan fingerprint density at radius 3 is 2.30 bits per heavy atom. The first kappa shape index (κ1) is 7.94. The Kier molecular flexibility index (Phi) is 2.25. The molecule has 0 saturated carbocycles. The molecule has 0 radical (unpaired) electrons. The van der Waals surface area contributed by atoms with E-state index >= 15 is 0 Å². The highest BCUT2D eigenvalue weighted by Crippen LogP contribution is 2.09. The van der Waals surface area contributed by atoms with Crippen LogP contribution in [0.1, 0.15) is 6.92 Å². The topological polar surface area (TPSA) is 72.7 Å². The molecule has 1 saturated heterocycles. The lowest BCUT2D eigenvalue weighted by molar-refractivity contribution is -0.0910. The van der Waals surface area contributed by atoms with E-state index in [4.69, 9.17) is 15.3 Å². The summed E-state index contributed by atoms with van der Waals surface area (Å²) in [5, 5.41) is 30.1. The van der Waals surface area contributed by atoms with Gasteiger partial charge in [-0.15, -0.1) is 0 Å². The third-order valence-corrected chi connectivity index (χ3v) is 1.91. The average molecular weight is 147 g/mol. The minimum Gasteiger partial charge on any atom is -0.389 e. The van der Waals surface area contributed by atoms with Crippen molar-refractivity contribution in [3.05, 3.63) is 0 Å². The van der Waals surface area contributed by atoms with Crippen LogP contribution in [0.15, 0.2) is 0 Å². The number of aliphatic hydroxyl groups excluding tert-OH is 3. The van der Waals surface area contributed by atoms with E-state index in [0.29, 0.717) is 6.54 Å². The van der Waals surface area contributed by atoms with E-state index in [1.807, 2.05) is 0 Å². The minimum absolute atomic E-state index is 0.140. The Bertz CT molecular complexity index is 106. The fourth-order valence-electron chi connectivity index (χ4n) is 1.07. The molecule has 0 amide bonds. The normalized spacial score (nSPS) is 49.2. The summed E-state index contributed by atoms with van der Waals surface area (Å²) in [6, 6.07) is -0.140. The van der Waals surface area contributed by atoms with Gasteiger partial charge in [-0.3, -0.25) is 0 Å². The van der Waals surface area contributed by atoms with Gasteiger partial charge in [-0.05, 0) is 6.92 Å². The molecular weight excluding hydrogens is 134 g/mol. The lowest BCUT2D eigenvalue weighted by Gasteiger charge is -2.33. The van der Waals surface area contributed by atoms with Gasteiger partial charge in [0.15, 0.2) is 0 Å². The molecule has 1 fully saturated rings. The van der Waals surface area contributed by atoms with Gasteiger partial charge in [0, 0.05) is 12.6 Å². The zero-order valence-electron chi connectivity index (χ0n) is 5.86. The van der Waals surface area contributed by atoms with Crippen molar-refractivity contribution in [2.24, 2.45) is 0 Å². The second kappa shape index (κ2) is 2.84. The highest BCUT2D eigenvalue weighted by molar-refractivity contribution is 4.89. The van der Waals surface area contributed by atoms with E-state index in [1.165, 1.54) is 0 Å². The second-order valence-corrected chi connectivity index (χ2v) is 2.75. The van der Waals surface area contributed by atoms with Gasteiger partial charge in [-0.2, -0.15) is 0 Å². The van der Waals surface area contributed by atoms with Crippen LogP contribution in [0.25, 0.3) is 0 Å². The predicted molar refractivity (Wildman–Crippen MR) is 35.5 cm³/mol. The molecule has 10 heavy (non-hydrogen) atoms. The van der Waals surface area contributed by atoms with Crippen LogP contribution >= 0.6 is 0 Å². The third kappa shape index (κ3) is 1.29. The predicted octanol–water partition coefficient (Wildman–Crippen LogP) is -1.94. The molecule has 0 spiro atoms. The number of β-amino-alcohol motifs (C(OH)–C–C–N with tert-alkyl or cyclic N) is 1. The molecule has 0 aromatic heterocycles. The van der Waals surface area contributed by atoms with Crippen LogP contribution in [-0.4, -0.2) is 46.2 Å². The Morgan fingerprint density at radius 1 is 1.20 bits per heavy atom. The maximum absolute atomic E-state index is 9.14. The summed E-state index contributed by atoms with van der Waals surface area (Å²) in [7, 11) is 0. The Labute approximate surface area is 59.5 Å². The summed E-state index contributed by atoms with van der Waals surface area (Å²) in [6.07, 6.45) is -2.70. The van der Waals surface area contributed by atoms with Crippen LogP contribution in [0.3, 0.4) is 0 Å². The smallest absolute Gasteiger partial charge is 0.108 e. The van der Waals surface area contributed by atoms with Crippen molar-refractivity contribution in [2.75, 3.05) is 6.54 Å². The summed E-state index contributed by atoms with van der Waals surface area (Å²) in [5.41, 5.74) is 0. The van der Waals surface area contributed by atoms with E-state index in [2.05, 4.69) is 5.32 Å². The SMILES string of the molecule is C[C@@H]1NC[C@@H](O)[C@H](O)[C@H]1O. The van der Waals surface area contributed by atoms with Crippen LogP contribution in [0.4, 0.5) is 0 Å². The van der Waals surface area contributed by atoms with Crippen molar-refractivity contribution in [3.8, 4) is 0 Å². The summed E-state index contributed by atoms with van der Waals surface area (Å²) >= 11 is 0. The highest BCUT2D eigenvalue weighted by Gasteiger charge is 2.33. The van der Waals surface area contributed by atoms with Crippen molar-refractivity contribution in [1.82, 2.24) is 5.32 Å². The highest BCUT2D eigenvalue weighted by atomic mass is 16.4. The Balaban J connectivity index is 2.52. The number of rotatable bonds is 0. The van der Waals surface area contributed by atoms with Gasteiger partial charge in [0.2, 0.25) is 0 Å². The molecule has 1 aliphatic heterocycles. The van der Waals surface area contributed by atoms with Gasteiger partial charge >= 0.3 is 0 Å². The molecule has 4 nitrogen and oxygen atoms in total. The van der Waals surface area contributed by atoms with Crippen LogP contribution in [0, 0.1) is 0 Å². The van der Waals surface area contributed by atoms with Crippen molar-refractivity contribution in [3.63, 3.8) is 0 Å². The maximum atomic E-state index is 9.14. The van der Waals surface area contributed by atoms with Crippen molar-refractivity contribution < 1.29 is 15.3 Å². The lowest BCUT2D eigenvalue weighted by Crippen LogP contribution is -2.58. The van der Waals surface area contributed by atoms with Gasteiger partial charge < -0.3 is 20.6 Å². The number of piperidine rings is 1. The first-order valence-electron chi connectivity index (χ1n) is 3.40. The van der Waals surface area contributed by atoms with Crippen molar-refractivity contribution in [2.45, 2.75) is 31.3 Å². The molecule has 0 unspecified atom stereocenters. The second-order valence-electron chi connectivity index (χ2n) is 2.75. The molecule has 1 aliphatic rings. The molecule has 4 N–H and O–H groups in total. The lowest BCUT2D eigenvalue weighted by atomic mass is 9.98. The summed E-state index contributed by atoms with van der Waals surface area (Å²) in [4.78, 5) is 0. The fourth-order valence-corrected chi connectivity index (χ4v) is 1.07. The molecule has 1 heterocycles. The van der Waals surface area contributed by atoms with E-state index in [0.717, 1.165) is 0 Å². The van der Waals surface area contributed by atoms with Crippen LogP contribution in [0.2, 0.25) is 0 Å². The summed E-state index contributed by atoms with van der Waals surface area (Å²) < 4.78 is 0. The van der Waals surface area contributed by atoms with E-state index in [1.54, 1.807) is 6.92 Å². The first-order valence-corrected chi connectivity index (χ1v) is 3.40. The monoisotopic (exact) mass is 147 g/mol. The van der Waals surface area contributed by atoms with Crippen LogP contribution < -0.4 is 5.32 Å². The molecule has 0 aromatic rings. The first-order chi connectivity index (χ1) is 4.63. The molecule has 60 valence electrons. The number of nitrogens with one attached hydrogen (secondary N) is 1. The molecule has 1 rings (SSSR count). The van der Waals surface area contributed by atoms with Gasteiger partial charge in [0.1, 0.15) is 6.10 Å². The largest absolute Gasteiger partial charge is 0.389 e. The minimum atomic E-state index is -1.00. The van der Waals surface area contributed by atoms with Crippen LogP contribution in [0.5, 0.6) is 0 Å². The molecule has 4 heteroatoms. The molecule has 0 aromatic carbocycles. The summed E-state index contributed by atoms with van der Waals surface area (Å²) in [6.45, 7) is 2.11. The zero-order valence-corrected chi connectivity index (χ0v) is 5.86. The van der Waals surface area contributed by atoms with Gasteiger partial charge in [0.25, 0.3) is 0 Å². The van der Waals surface area contributed by atoms with Gasteiger partial charge in [0.05, 0.1) is 12.2 Å². The van der Waals surface area contributed by atoms with Crippen molar-refractivity contribution in [1.29, 1.82) is 0 Å². The standard InChI is InChI=1S/C6H13NO3/c1-3-5(9)6(10)4(8)2-7-3/h3-10H,2H2,1H3/t3-,4+,5-,6-/m0/s1. The van der Waals surface area contributed by atoms with E-state index in [9.17, 15) is 0 Å². The van der Waals surface area contributed by atoms with E-state index in [-0.39, 0.29) is 6.04 Å². The fraction of sp³-hybridized carbons (Fsp3) is 1.00. The maximum Gasteiger partial charge on any atom is 0.108 e. The molecule has 0 bridgehead atoms. The average Bonchev–Trinajstić information content (AvgIpc) is 1.93. The number of aliphatic hydroxyl groups is 3. The van der Waals surface area contributed by atoms with E-state index < -0.39 is 18.3 Å². The molecule has 4 atom stereocenters. The quantitative estimate of drug-likeness (QED) is 0.322. The van der Waals surface area contributed by atoms with Crippen LogP contribution in [-0.2, 0) is 0 Å². The zero-order chi connectivity index (χ0) is 7.72. The third-order valence-electron chi connectivity index (χ3n) is 1.91. The molecule has 0 aliphatic carbocycles. The number of hydrogen-bond acceptors (Lipinski definition) is 4. The summed E-state index contributed by atoms with van der Waals surface area (Å²) in [5.74, 6) is 0. The Morgan fingerprint density at radius 2 is 1.80 bits per heavy atom. The number of hydrogen-bond donors (Lipinski definition) is 4. The van der Waals surface area contributed by atoms with Gasteiger partial charge in [-0.1, -0.05) is 0 Å².